The number of anilines is 1. The average molecular weight is 295 g/mol. The number of nitrogens with one attached hydrogen (secondary N) is 2. The maximum Gasteiger partial charge on any atom is 0.248 e. The van der Waals surface area contributed by atoms with Crippen LogP contribution in [0.25, 0.3) is 5.70 Å². The highest BCUT2D eigenvalue weighted by molar-refractivity contribution is 5.79. The zero-order valence-electron chi connectivity index (χ0n) is 11.8. The fraction of sp³-hybridized carbons (Fsp3) is 0.143. The van der Waals surface area contributed by atoms with E-state index >= 15 is 0 Å². The molecule has 8 nitrogen and oxygen atoms in total. The zero-order valence-corrected chi connectivity index (χ0v) is 11.8. The van der Waals surface area contributed by atoms with Gasteiger partial charge in [-0.2, -0.15) is 4.68 Å². The van der Waals surface area contributed by atoms with Crippen LogP contribution in [0.3, 0.4) is 0 Å². The van der Waals surface area contributed by atoms with E-state index in [4.69, 9.17) is 4.74 Å². The summed E-state index contributed by atoms with van der Waals surface area (Å²) in [7, 11) is 1.65. The van der Waals surface area contributed by atoms with Crippen molar-refractivity contribution in [3.05, 3.63) is 54.1 Å². The van der Waals surface area contributed by atoms with E-state index in [9.17, 15) is 0 Å². The van der Waals surface area contributed by atoms with Gasteiger partial charge in [0.15, 0.2) is 0 Å². The number of H-pyrrole nitrogens is 1. The lowest BCUT2D eigenvalue weighted by Gasteiger charge is -2.23. The van der Waals surface area contributed by atoms with E-state index < -0.39 is 0 Å². The summed E-state index contributed by atoms with van der Waals surface area (Å²) >= 11 is 0. The maximum absolute atomic E-state index is 5.43. The molecule has 3 heterocycles. The van der Waals surface area contributed by atoms with Gasteiger partial charge in [0.1, 0.15) is 11.8 Å². The van der Waals surface area contributed by atoms with Gasteiger partial charge < -0.3 is 15.0 Å². The summed E-state index contributed by atoms with van der Waals surface area (Å²) in [6, 6.07) is 7.64. The summed E-state index contributed by atoms with van der Waals surface area (Å²) in [6.45, 7) is 0. The molecule has 0 radical (unpaired) electrons. The van der Waals surface area contributed by atoms with Crippen molar-refractivity contribution in [2.24, 2.45) is 0 Å². The Kier molecular flexibility index (Phi) is 2.85. The maximum atomic E-state index is 5.43. The largest absolute Gasteiger partial charge is 0.496 e. The number of aromatic nitrogens is 6. The fourth-order valence-corrected chi connectivity index (χ4v) is 2.53. The smallest absolute Gasteiger partial charge is 0.248 e. The summed E-state index contributed by atoms with van der Waals surface area (Å²) in [5.74, 6) is 1.36. The summed E-state index contributed by atoms with van der Waals surface area (Å²) in [4.78, 5) is 7.18. The van der Waals surface area contributed by atoms with Gasteiger partial charge in [-0.15, -0.1) is 0 Å². The quantitative estimate of drug-likeness (QED) is 0.760. The zero-order chi connectivity index (χ0) is 14.9. The van der Waals surface area contributed by atoms with Crippen molar-refractivity contribution in [3.8, 4) is 5.75 Å². The predicted molar refractivity (Wildman–Crippen MR) is 79.1 cm³/mol. The molecule has 0 bridgehead atoms. The van der Waals surface area contributed by atoms with Crippen molar-refractivity contribution in [1.29, 1.82) is 0 Å². The molecule has 1 aliphatic rings. The SMILES string of the molecule is COc1ccccc1C1=CC(c2cnc[nH]2)n2nnnc2N1. The van der Waals surface area contributed by atoms with Crippen LogP contribution in [0.15, 0.2) is 42.9 Å². The standard InChI is InChI=1S/C14H13N7O/c1-22-13-5-3-2-4-9(13)10-6-12(11-7-15-8-16-11)21-14(17-10)18-19-20-21/h2-8,12H,1H3,(H,15,16)(H,17,18,20). The van der Waals surface area contributed by atoms with Crippen LogP contribution in [0.1, 0.15) is 17.3 Å². The van der Waals surface area contributed by atoms with Crippen LogP contribution < -0.4 is 10.1 Å². The number of para-hydroxylation sites is 1. The van der Waals surface area contributed by atoms with Crippen LogP contribution in [0.4, 0.5) is 5.95 Å². The minimum absolute atomic E-state index is 0.159. The van der Waals surface area contributed by atoms with Crippen molar-refractivity contribution in [2.45, 2.75) is 6.04 Å². The van der Waals surface area contributed by atoms with Crippen LogP contribution in [0.5, 0.6) is 5.75 Å². The molecule has 22 heavy (non-hydrogen) atoms. The third kappa shape index (κ3) is 1.93. The second-order valence-electron chi connectivity index (χ2n) is 4.80. The van der Waals surface area contributed by atoms with Crippen molar-refractivity contribution in [2.75, 3.05) is 12.4 Å². The third-order valence-electron chi connectivity index (χ3n) is 3.56. The molecule has 0 fully saturated rings. The molecule has 1 atom stereocenters. The van der Waals surface area contributed by atoms with E-state index in [1.54, 1.807) is 24.3 Å². The summed E-state index contributed by atoms with van der Waals surface area (Å²) in [5, 5.41) is 15.0. The molecule has 0 saturated heterocycles. The number of imidazole rings is 1. The van der Waals surface area contributed by atoms with Crippen LogP contribution in [-0.4, -0.2) is 37.3 Å². The highest BCUT2D eigenvalue weighted by Gasteiger charge is 2.26. The van der Waals surface area contributed by atoms with Gasteiger partial charge in [-0.25, -0.2) is 4.98 Å². The monoisotopic (exact) mass is 295 g/mol. The second kappa shape index (κ2) is 4.99. The average Bonchev–Trinajstić information content (AvgIpc) is 3.25. The number of hydrogen-bond acceptors (Lipinski definition) is 6. The predicted octanol–water partition coefficient (Wildman–Crippen LogP) is 1.46. The molecule has 1 aromatic carbocycles. The van der Waals surface area contributed by atoms with Crippen molar-refractivity contribution >= 4 is 11.6 Å². The van der Waals surface area contributed by atoms with Crippen LogP contribution in [-0.2, 0) is 0 Å². The Morgan fingerprint density at radius 3 is 3.00 bits per heavy atom. The van der Waals surface area contributed by atoms with Gasteiger partial charge in [0.2, 0.25) is 5.95 Å². The van der Waals surface area contributed by atoms with Gasteiger partial charge >= 0.3 is 0 Å². The van der Waals surface area contributed by atoms with E-state index in [1.165, 1.54) is 0 Å². The summed E-state index contributed by atoms with van der Waals surface area (Å²) in [6.07, 6.45) is 5.44. The van der Waals surface area contributed by atoms with E-state index in [2.05, 4.69) is 30.8 Å². The first kappa shape index (κ1) is 12.6. The number of ether oxygens (including phenoxy) is 1. The molecule has 8 heteroatoms. The van der Waals surface area contributed by atoms with Crippen LogP contribution >= 0.6 is 0 Å². The number of tetrazole rings is 1. The van der Waals surface area contributed by atoms with Crippen LogP contribution in [0.2, 0.25) is 0 Å². The normalized spacial score (nSPS) is 16.6. The van der Waals surface area contributed by atoms with Crippen molar-refractivity contribution < 1.29 is 4.74 Å². The molecule has 3 aromatic rings. The fourth-order valence-electron chi connectivity index (χ4n) is 2.53. The minimum atomic E-state index is -0.159. The lowest BCUT2D eigenvalue weighted by Crippen LogP contribution is -2.20. The molecule has 2 N–H and O–H groups in total. The molecular formula is C14H13N7O. The second-order valence-corrected chi connectivity index (χ2v) is 4.80. The Labute approximate surface area is 125 Å². The lowest BCUT2D eigenvalue weighted by atomic mass is 10.1. The number of fused-ring (bicyclic) bond motifs is 1. The van der Waals surface area contributed by atoms with Gasteiger partial charge in [-0.3, -0.25) is 0 Å². The van der Waals surface area contributed by atoms with Crippen molar-refractivity contribution in [1.82, 2.24) is 30.2 Å². The van der Waals surface area contributed by atoms with Gasteiger partial charge in [0.05, 0.1) is 31.0 Å². The number of nitrogens with zero attached hydrogens (tertiary/aromatic N) is 5. The molecule has 0 aliphatic carbocycles. The molecule has 2 aromatic heterocycles. The van der Waals surface area contributed by atoms with Crippen LogP contribution in [0, 0.1) is 0 Å². The Morgan fingerprint density at radius 1 is 1.27 bits per heavy atom. The highest BCUT2D eigenvalue weighted by atomic mass is 16.5. The first-order valence-corrected chi connectivity index (χ1v) is 6.75. The number of rotatable bonds is 3. The molecule has 0 spiro atoms. The number of allylic oxidation sites excluding steroid dienone is 1. The number of aromatic amines is 1. The third-order valence-corrected chi connectivity index (χ3v) is 3.56. The Bertz CT molecular complexity index is 821. The van der Waals surface area contributed by atoms with E-state index in [0.29, 0.717) is 5.95 Å². The Hall–Kier alpha value is -3.16. The Balaban J connectivity index is 1.84. The van der Waals surface area contributed by atoms with E-state index in [0.717, 1.165) is 22.7 Å². The summed E-state index contributed by atoms with van der Waals surface area (Å²) in [5.41, 5.74) is 2.74. The van der Waals surface area contributed by atoms with E-state index in [1.807, 2.05) is 30.3 Å². The summed E-state index contributed by atoms with van der Waals surface area (Å²) < 4.78 is 7.14. The van der Waals surface area contributed by atoms with Crippen molar-refractivity contribution in [3.63, 3.8) is 0 Å². The Morgan fingerprint density at radius 2 is 2.18 bits per heavy atom. The topological polar surface area (TPSA) is 93.5 Å². The molecule has 1 aliphatic heterocycles. The van der Waals surface area contributed by atoms with Gasteiger partial charge in [0.25, 0.3) is 0 Å². The van der Waals surface area contributed by atoms with Gasteiger partial charge in [-0.1, -0.05) is 17.2 Å². The molecule has 110 valence electrons. The molecule has 1 unspecified atom stereocenters. The number of methoxy groups -OCH3 is 1. The highest BCUT2D eigenvalue weighted by Crippen LogP contribution is 2.33. The molecule has 4 rings (SSSR count). The first-order valence-electron chi connectivity index (χ1n) is 6.75. The van der Waals surface area contributed by atoms with Gasteiger partial charge in [0, 0.05) is 5.56 Å². The van der Waals surface area contributed by atoms with Gasteiger partial charge in [-0.05, 0) is 28.6 Å². The minimum Gasteiger partial charge on any atom is -0.496 e. The number of benzene rings is 1. The lowest BCUT2D eigenvalue weighted by molar-refractivity contribution is 0.413. The molecule has 0 saturated carbocycles. The molecule has 0 amide bonds. The molecular weight excluding hydrogens is 282 g/mol. The number of hydrogen-bond donors (Lipinski definition) is 2. The van der Waals surface area contributed by atoms with E-state index in [-0.39, 0.29) is 6.04 Å². The first-order chi connectivity index (χ1) is 10.9.